The Morgan fingerprint density at radius 2 is 0.820 bits per heavy atom. The van der Waals surface area contributed by atoms with E-state index in [1.807, 2.05) is 0 Å². The van der Waals surface area contributed by atoms with E-state index in [9.17, 15) is 0 Å². The maximum atomic E-state index is 2.43. The van der Waals surface area contributed by atoms with E-state index in [4.69, 9.17) is 0 Å². The van der Waals surface area contributed by atoms with Gasteiger partial charge >= 0.3 is 0 Å². The summed E-state index contributed by atoms with van der Waals surface area (Å²) in [6, 6.07) is 74.1. The molecule has 236 valence electrons. The van der Waals surface area contributed by atoms with E-state index in [-0.39, 0.29) is 0 Å². The van der Waals surface area contributed by atoms with Crippen LogP contribution < -0.4 is 4.90 Å². The van der Waals surface area contributed by atoms with Crippen LogP contribution in [0.1, 0.15) is 0 Å². The van der Waals surface area contributed by atoms with Gasteiger partial charge in [0.15, 0.2) is 0 Å². The first-order valence-electron chi connectivity index (χ1n) is 17.1. The summed E-state index contributed by atoms with van der Waals surface area (Å²) in [5.74, 6) is 0. The number of benzene rings is 8. The minimum Gasteiger partial charge on any atom is -0.310 e. The Labute approximate surface area is 292 Å². The normalized spacial score (nSPS) is 11.2. The molecule has 0 atom stereocenters. The molecule has 0 spiro atoms. The van der Waals surface area contributed by atoms with Gasteiger partial charge in [-0.15, -0.1) is 0 Å². The van der Waals surface area contributed by atoms with Gasteiger partial charge in [-0.25, -0.2) is 0 Å². The van der Waals surface area contributed by atoms with E-state index in [0.717, 1.165) is 22.7 Å². The summed E-state index contributed by atoms with van der Waals surface area (Å²) < 4.78 is 2.43. The number of rotatable bonds is 7. The Bertz CT molecular complexity index is 2470. The van der Waals surface area contributed by atoms with Crippen molar-refractivity contribution in [2.75, 3.05) is 4.90 Å². The van der Waals surface area contributed by atoms with E-state index >= 15 is 0 Å². The van der Waals surface area contributed by atoms with E-state index in [1.54, 1.807) is 0 Å². The van der Waals surface area contributed by atoms with Crippen molar-refractivity contribution in [3.63, 3.8) is 0 Å². The molecule has 0 radical (unpaired) electrons. The van der Waals surface area contributed by atoms with Crippen LogP contribution in [0.5, 0.6) is 0 Å². The second-order valence-electron chi connectivity index (χ2n) is 12.6. The van der Waals surface area contributed by atoms with Gasteiger partial charge in [-0.05, 0) is 94.5 Å². The monoisotopic (exact) mass is 638 g/mol. The highest BCUT2D eigenvalue weighted by Crippen LogP contribution is 2.43. The van der Waals surface area contributed by atoms with E-state index in [1.165, 1.54) is 55.2 Å². The molecule has 0 saturated carbocycles. The van der Waals surface area contributed by atoms with E-state index in [0.29, 0.717) is 0 Å². The molecule has 9 rings (SSSR count). The molecule has 0 bridgehead atoms. The molecule has 8 aromatic carbocycles. The molecular weight excluding hydrogens is 605 g/mol. The molecule has 0 unspecified atom stereocenters. The fourth-order valence-electron chi connectivity index (χ4n) is 7.25. The molecule has 2 heteroatoms. The molecule has 0 N–H and O–H groups in total. The highest BCUT2D eigenvalue weighted by atomic mass is 15.1. The summed E-state index contributed by atoms with van der Waals surface area (Å²) >= 11 is 0. The number of fused-ring (bicyclic) bond motifs is 3. The zero-order valence-electron chi connectivity index (χ0n) is 27.5. The highest BCUT2D eigenvalue weighted by Gasteiger charge is 2.19. The zero-order chi connectivity index (χ0) is 33.3. The highest BCUT2D eigenvalue weighted by molar-refractivity contribution is 6.11. The van der Waals surface area contributed by atoms with Crippen LogP contribution in [0.15, 0.2) is 206 Å². The van der Waals surface area contributed by atoms with Gasteiger partial charge in [-0.2, -0.15) is 0 Å². The molecule has 50 heavy (non-hydrogen) atoms. The van der Waals surface area contributed by atoms with Crippen molar-refractivity contribution < 1.29 is 0 Å². The third kappa shape index (κ3) is 5.34. The average Bonchev–Trinajstić information content (AvgIpc) is 3.53. The summed E-state index contributed by atoms with van der Waals surface area (Å²) in [6.45, 7) is 0. The lowest BCUT2D eigenvalue weighted by Crippen LogP contribution is -2.10. The third-order valence-corrected chi connectivity index (χ3v) is 9.55. The van der Waals surface area contributed by atoms with Crippen molar-refractivity contribution in [2.24, 2.45) is 0 Å². The van der Waals surface area contributed by atoms with Crippen LogP contribution in [0.25, 0.3) is 60.9 Å². The van der Waals surface area contributed by atoms with Crippen LogP contribution >= 0.6 is 0 Å². The summed E-state index contributed by atoms with van der Waals surface area (Å²) in [5.41, 5.74) is 14.0. The number of para-hydroxylation sites is 4. The van der Waals surface area contributed by atoms with Crippen LogP contribution in [-0.2, 0) is 0 Å². The lowest BCUT2D eigenvalue weighted by molar-refractivity contribution is 1.18. The predicted octanol–water partition coefficient (Wildman–Crippen LogP) is 13.3. The van der Waals surface area contributed by atoms with Crippen LogP contribution in [0.4, 0.5) is 17.1 Å². The molecule has 1 aromatic heterocycles. The lowest BCUT2D eigenvalue weighted by atomic mass is 9.98. The fraction of sp³-hybridized carbons (Fsp3) is 0. The Morgan fingerprint density at radius 1 is 0.320 bits per heavy atom. The van der Waals surface area contributed by atoms with Crippen molar-refractivity contribution in [1.29, 1.82) is 0 Å². The standard InChI is InChI=1S/C48H34N2/c1-5-17-35(18-6-1)38-31-39(36-19-7-2-8-20-36)33-42(32-38)50-47-28-16-14-26-44(47)45-34-37(29-30-48(45)50)43-25-13-15-27-46(43)49(40-21-9-3-10-22-40)41-23-11-4-12-24-41/h1-34H. The van der Waals surface area contributed by atoms with Crippen LogP contribution in [0, 0.1) is 0 Å². The molecular formula is C48H34N2. The molecule has 0 saturated heterocycles. The largest absolute Gasteiger partial charge is 0.310 e. The SMILES string of the molecule is c1ccc(-c2cc(-c3ccccc3)cc(-n3c4ccccc4c4cc(-c5ccccc5N(c5ccccc5)c5ccccc5)ccc43)c2)cc1. The summed E-state index contributed by atoms with van der Waals surface area (Å²) in [7, 11) is 0. The Kier molecular flexibility index (Phi) is 7.53. The first-order chi connectivity index (χ1) is 24.8. The minimum absolute atomic E-state index is 1.12. The van der Waals surface area contributed by atoms with Gasteiger partial charge < -0.3 is 9.47 Å². The fourth-order valence-corrected chi connectivity index (χ4v) is 7.25. The maximum absolute atomic E-state index is 2.43. The molecule has 0 aliphatic heterocycles. The minimum atomic E-state index is 1.12. The van der Waals surface area contributed by atoms with Crippen LogP contribution in [-0.4, -0.2) is 4.57 Å². The molecule has 0 aliphatic carbocycles. The van der Waals surface area contributed by atoms with Gasteiger partial charge in [0.2, 0.25) is 0 Å². The molecule has 2 nitrogen and oxygen atoms in total. The Hall–Kier alpha value is -6.64. The van der Waals surface area contributed by atoms with E-state index < -0.39 is 0 Å². The van der Waals surface area contributed by atoms with Gasteiger partial charge in [0.05, 0.1) is 16.7 Å². The van der Waals surface area contributed by atoms with Crippen molar-refractivity contribution in [3.05, 3.63) is 206 Å². The van der Waals surface area contributed by atoms with Gasteiger partial charge in [0, 0.05) is 33.4 Å². The average molecular weight is 639 g/mol. The smallest absolute Gasteiger partial charge is 0.0541 e. The molecule has 0 amide bonds. The lowest BCUT2D eigenvalue weighted by Gasteiger charge is -2.27. The molecule has 9 aromatic rings. The number of nitrogens with zero attached hydrogens (tertiary/aromatic N) is 2. The van der Waals surface area contributed by atoms with Gasteiger partial charge in [0.1, 0.15) is 0 Å². The second-order valence-corrected chi connectivity index (χ2v) is 12.6. The number of aromatic nitrogens is 1. The summed E-state index contributed by atoms with van der Waals surface area (Å²) in [6.07, 6.45) is 0. The van der Waals surface area contributed by atoms with Crippen LogP contribution in [0.3, 0.4) is 0 Å². The van der Waals surface area contributed by atoms with Crippen molar-refractivity contribution in [3.8, 4) is 39.1 Å². The van der Waals surface area contributed by atoms with Crippen LogP contribution in [0.2, 0.25) is 0 Å². The Morgan fingerprint density at radius 3 is 1.44 bits per heavy atom. The van der Waals surface area contributed by atoms with Gasteiger partial charge in [0.25, 0.3) is 0 Å². The molecule has 1 heterocycles. The first kappa shape index (κ1) is 29.5. The summed E-state index contributed by atoms with van der Waals surface area (Å²) in [5, 5.41) is 2.46. The number of hydrogen-bond donors (Lipinski definition) is 0. The summed E-state index contributed by atoms with van der Waals surface area (Å²) in [4.78, 5) is 2.35. The number of anilines is 3. The maximum Gasteiger partial charge on any atom is 0.0541 e. The van der Waals surface area contributed by atoms with Crippen molar-refractivity contribution in [2.45, 2.75) is 0 Å². The molecule has 0 aliphatic rings. The zero-order valence-corrected chi connectivity index (χ0v) is 27.5. The van der Waals surface area contributed by atoms with Crippen molar-refractivity contribution in [1.82, 2.24) is 4.57 Å². The van der Waals surface area contributed by atoms with Crippen molar-refractivity contribution >= 4 is 38.9 Å². The number of hydrogen-bond acceptors (Lipinski definition) is 1. The third-order valence-electron chi connectivity index (χ3n) is 9.55. The van der Waals surface area contributed by atoms with E-state index in [2.05, 4.69) is 216 Å². The van der Waals surface area contributed by atoms with Gasteiger partial charge in [-0.1, -0.05) is 140 Å². The Balaban J connectivity index is 1.25. The van der Waals surface area contributed by atoms with Gasteiger partial charge in [-0.3, -0.25) is 0 Å². The second kappa shape index (κ2) is 12.8. The first-order valence-corrected chi connectivity index (χ1v) is 17.1. The topological polar surface area (TPSA) is 8.17 Å². The quantitative estimate of drug-likeness (QED) is 0.169. The predicted molar refractivity (Wildman–Crippen MR) is 212 cm³/mol. The molecule has 0 fully saturated rings.